The molecule has 8 heteroatoms. The summed E-state index contributed by atoms with van der Waals surface area (Å²) in [5.74, 6) is 0.189. The van der Waals surface area contributed by atoms with Crippen molar-refractivity contribution in [2.45, 2.75) is 0 Å². The predicted molar refractivity (Wildman–Crippen MR) is 63.7 cm³/mol. The maximum Gasteiger partial charge on any atom is 0.257 e. The number of nitrogens with one attached hydrogen (secondary N) is 1. The minimum atomic E-state index is -0.326. The van der Waals surface area contributed by atoms with E-state index in [1.165, 1.54) is 13.2 Å². The van der Waals surface area contributed by atoms with Crippen LogP contribution in [-0.4, -0.2) is 27.8 Å². The summed E-state index contributed by atoms with van der Waals surface area (Å²) >= 11 is 6.91. The van der Waals surface area contributed by atoms with E-state index < -0.39 is 0 Å². The highest BCUT2D eigenvalue weighted by molar-refractivity contribution is 7.09. The van der Waals surface area contributed by atoms with E-state index in [0.29, 0.717) is 21.5 Å². The lowest BCUT2D eigenvalue weighted by Gasteiger charge is -2.05. The third-order valence-corrected chi connectivity index (χ3v) is 2.74. The molecule has 88 valence electrons. The largest absolute Gasteiger partial charge is 0.495 e. The first-order valence-corrected chi connectivity index (χ1v) is 5.66. The van der Waals surface area contributed by atoms with Crippen LogP contribution in [0.2, 0.25) is 5.02 Å². The van der Waals surface area contributed by atoms with Crippen LogP contribution < -0.4 is 10.1 Å². The van der Waals surface area contributed by atoms with Gasteiger partial charge in [0.2, 0.25) is 5.13 Å². The lowest BCUT2D eigenvalue weighted by molar-refractivity contribution is 0.102. The Labute approximate surface area is 106 Å². The van der Waals surface area contributed by atoms with E-state index in [1.54, 1.807) is 12.1 Å². The molecule has 6 nitrogen and oxygen atoms in total. The molecule has 1 heterocycles. The van der Waals surface area contributed by atoms with Crippen LogP contribution in [0.4, 0.5) is 5.13 Å². The SMILES string of the molecule is COc1ccc(C(=O)Nc2nnns2)cc1Cl. The molecule has 0 radical (unpaired) electrons. The van der Waals surface area contributed by atoms with E-state index in [9.17, 15) is 4.79 Å². The fourth-order valence-electron chi connectivity index (χ4n) is 1.16. The number of carbonyl (C=O) groups is 1. The Balaban J connectivity index is 2.17. The molecule has 2 aromatic rings. The van der Waals surface area contributed by atoms with Crippen LogP contribution in [0.15, 0.2) is 18.2 Å². The Kier molecular flexibility index (Phi) is 3.50. The average molecular weight is 271 g/mol. The Morgan fingerprint density at radius 2 is 2.35 bits per heavy atom. The molecule has 0 saturated carbocycles. The van der Waals surface area contributed by atoms with Crippen LogP contribution >= 0.6 is 23.1 Å². The predicted octanol–water partition coefficient (Wildman–Crippen LogP) is 1.85. The molecule has 0 unspecified atom stereocenters. The molecule has 0 fully saturated rings. The summed E-state index contributed by atoms with van der Waals surface area (Å²) in [5, 5.41) is 10.2. The van der Waals surface area contributed by atoms with Gasteiger partial charge in [0.1, 0.15) is 5.75 Å². The number of hydrogen-bond donors (Lipinski definition) is 1. The number of ether oxygens (including phenoxy) is 1. The maximum absolute atomic E-state index is 11.8. The number of methoxy groups -OCH3 is 1. The van der Waals surface area contributed by atoms with Crippen molar-refractivity contribution in [3.05, 3.63) is 28.8 Å². The molecular weight excluding hydrogens is 264 g/mol. The van der Waals surface area contributed by atoms with E-state index >= 15 is 0 Å². The number of nitrogens with zero attached hydrogens (tertiary/aromatic N) is 3. The highest BCUT2D eigenvalue weighted by atomic mass is 35.5. The summed E-state index contributed by atoms with van der Waals surface area (Å²) in [5.41, 5.74) is 0.408. The van der Waals surface area contributed by atoms with Gasteiger partial charge in [-0.3, -0.25) is 10.1 Å². The van der Waals surface area contributed by atoms with Crippen LogP contribution in [-0.2, 0) is 0 Å². The smallest absolute Gasteiger partial charge is 0.257 e. The second-order valence-electron chi connectivity index (χ2n) is 2.97. The van der Waals surface area contributed by atoms with E-state index in [1.807, 2.05) is 0 Å². The fourth-order valence-corrected chi connectivity index (χ4v) is 1.78. The van der Waals surface area contributed by atoms with Crippen molar-refractivity contribution in [3.63, 3.8) is 0 Å². The number of anilines is 1. The fraction of sp³-hybridized carbons (Fsp3) is 0.111. The van der Waals surface area contributed by atoms with E-state index in [4.69, 9.17) is 16.3 Å². The van der Waals surface area contributed by atoms with Crippen LogP contribution in [0.3, 0.4) is 0 Å². The first-order chi connectivity index (χ1) is 8.20. The summed E-state index contributed by atoms with van der Waals surface area (Å²) in [6.07, 6.45) is 0. The third-order valence-electron chi connectivity index (χ3n) is 1.93. The zero-order valence-corrected chi connectivity index (χ0v) is 10.2. The zero-order chi connectivity index (χ0) is 12.3. The van der Waals surface area contributed by atoms with E-state index in [0.717, 1.165) is 11.5 Å². The lowest BCUT2D eigenvalue weighted by Crippen LogP contribution is -2.11. The number of halogens is 1. The summed E-state index contributed by atoms with van der Waals surface area (Å²) < 4.78 is 8.53. The van der Waals surface area contributed by atoms with Gasteiger partial charge in [0.15, 0.2) is 0 Å². The van der Waals surface area contributed by atoms with Crippen molar-refractivity contribution in [2.24, 2.45) is 0 Å². The van der Waals surface area contributed by atoms with Gasteiger partial charge in [0, 0.05) is 17.1 Å². The van der Waals surface area contributed by atoms with Crippen molar-refractivity contribution in [1.82, 2.24) is 14.8 Å². The van der Waals surface area contributed by atoms with Gasteiger partial charge in [0.05, 0.1) is 12.1 Å². The molecule has 0 spiro atoms. The Hall–Kier alpha value is -1.73. The minimum absolute atomic E-state index is 0.326. The van der Waals surface area contributed by atoms with Crippen molar-refractivity contribution in [1.29, 1.82) is 0 Å². The van der Waals surface area contributed by atoms with Crippen molar-refractivity contribution in [2.75, 3.05) is 12.4 Å². The van der Waals surface area contributed by atoms with E-state index in [-0.39, 0.29) is 5.91 Å². The molecule has 0 atom stereocenters. The van der Waals surface area contributed by atoms with Crippen LogP contribution in [0.1, 0.15) is 10.4 Å². The van der Waals surface area contributed by atoms with Crippen LogP contribution in [0.25, 0.3) is 0 Å². The molecule has 2 rings (SSSR count). The summed E-state index contributed by atoms with van der Waals surface area (Å²) in [6, 6.07) is 4.74. The molecule has 1 N–H and O–H groups in total. The number of amides is 1. The second kappa shape index (κ2) is 5.07. The molecule has 1 aromatic heterocycles. The van der Waals surface area contributed by atoms with Crippen molar-refractivity contribution >= 4 is 34.2 Å². The summed E-state index contributed by atoms with van der Waals surface area (Å²) in [4.78, 5) is 11.8. The first-order valence-electron chi connectivity index (χ1n) is 4.50. The Bertz CT molecular complexity index is 532. The van der Waals surface area contributed by atoms with Gasteiger partial charge in [-0.15, -0.1) is 0 Å². The molecule has 0 bridgehead atoms. The molecule has 0 aliphatic carbocycles. The quantitative estimate of drug-likeness (QED) is 0.921. The molecular formula is C9H7ClN4O2S. The average Bonchev–Trinajstić information content (AvgIpc) is 2.81. The molecule has 17 heavy (non-hydrogen) atoms. The molecule has 1 aromatic carbocycles. The minimum Gasteiger partial charge on any atom is -0.495 e. The van der Waals surface area contributed by atoms with Gasteiger partial charge in [-0.05, 0) is 23.4 Å². The number of rotatable bonds is 3. The van der Waals surface area contributed by atoms with Crippen LogP contribution in [0, 0.1) is 0 Å². The van der Waals surface area contributed by atoms with Gasteiger partial charge in [0.25, 0.3) is 5.91 Å². The van der Waals surface area contributed by atoms with Gasteiger partial charge < -0.3 is 4.74 Å². The molecule has 0 aliphatic heterocycles. The number of carbonyl (C=O) groups excluding carboxylic acids is 1. The standard InChI is InChI=1S/C9H7ClN4O2S/c1-16-7-3-2-5(4-6(7)10)8(15)11-9-12-13-14-17-9/h2-4H,1H3,(H,11,12,14,15). The van der Waals surface area contributed by atoms with Gasteiger partial charge in [-0.25, -0.2) is 0 Å². The highest BCUT2D eigenvalue weighted by Crippen LogP contribution is 2.25. The first kappa shape index (κ1) is 11.7. The number of hydrogen-bond acceptors (Lipinski definition) is 6. The van der Waals surface area contributed by atoms with Gasteiger partial charge in [-0.2, -0.15) is 0 Å². The topological polar surface area (TPSA) is 77.0 Å². The Morgan fingerprint density at radius 1 is 1.53 bits per heavy atom. The number of aromatic nitrogens is 3. The van der Waals surface area contributed by atoms with Crippen molar-refractivity contribution in [3.8, 4) is 5.75 Å². The maximum atomic E-state index is 11.8. The zero-order valence-electron chi connectivity index (χ0n) is 8.68. The number of benzene rings is 1. The molecule has 0 saturated heterocycles. The van der Waals surface area contributed by atoms with Crippen molar-refractivity contribution < 1.29 is 9.53 Å². The van der Waals surface area contributed by atoms with E-state index in [2.05, 4.69) is 20.1 Å². The van der Waals surface area contributed by atoms with Gasteiger partial charge >= 0.3 is 0 Å². The molecule has 0 aliphatic rings. The lowest BCUT2D eigenvalue weighted by atomic mass is 10.2. The summed E-state index contributed by atoms with van der Waals surface area (Å²) in [6.45, 7) is 0. The van der Waals surface area contributed by atoms with Gasteiger partial charge in [-0.1, -0.05) is 21.2 Å². The highest BCUT2D eigenvalue weighted by Gasteiger charge is 2.10. The Morgan fingerprint density at radius 3 is 2.94 bits per heavy atom. The third kappa shape index (κ3) is 2.69. The normalized spacial score (nSPS) is 10.0. The molecule has 1 amide bonds. The monoisotopic (exact) mass is 270 g/mol. The van der Waals surface area contributed by atoms with Crippen LogP contribution in [0.5, 0.6) is 5.75 Å². The summed E-state index contributed by atoms with van der Waals surface area (Å²) in [7, 11) is 1.51. The second-order valence-corrected chi connectivity index (χ2v) is 4.11.